The lowest BCUT2D eigenvalue weighted by Gasteiger charge is -2.11. The number of hydrogen-bond acceptors (Lipinski definition) is 4. The SMILES string of the molecule is O=C(Nc1c(Cl)ccc2scnc12)C1CCNC1. The maximum absolute atomic E-state index is 12.1. The summed E-state index contributed by atoms with van der Waals surface area (Å²) in [5.41, 5.74) is 3.16. The van der Waals surface area contributed by atoms with Gasteiger partial charge in [0.25, 0.3) is 0 Å². The summed E-state index contributed by atoms with van der Waals surface area (Å²) >= 11 is 7.68. The Morgan fingerprint density at radius 3 is 3.22 bits per heavy atom. The third-order valence-electron chi connectivity index (χ3n) is 3.13. The number of nitrogens with zero attached hydrogens (tertiary/aromatic N) is 1. The van der Waals surface area contributed by atoms with E-state index in [0.717, 1.165) is 29.7 Å². The molecule has 2 heterocycles. The second-order valence-corrected chi connectivity index (χ2v) is 5.59. The summed E-state index contributed by atoms with van der Waals surface area (Å²) in [5.74, 6) is 0.0392. The van der Waals surface area contributed by atoms with Gasteiger partial charge in [0.15, 0.2) is 0 Å². The average molecular weight is 282 g/mol. The van der Waals surface area contributed by atoms with E-state index in [9.17, 15) is 4.79 Å². The van der Waals surface area contributed by atoms with Crippen molar-refractivity contribution < 1.29 is 4.79 Å². The first-order chi connectivity index (χ1) is 8.75. The Balaban J connectivity index is 1.91. The molecule has 1 aliphatic heterocycles. The Kier molecular flexibility index (Phi) is 3.20. The van der Waals surface area contributed by atoms with E-state index in [1.165, 1.54) is 11.3 Å². The maximum atomic E-state index is 12.1. The van der Waals surface area contributed by atoms with Gasteiger partial charge >= 0.3 is 0 Å². The summed E-state index contributed by atoms with van der Waals surface area (Å²) in [4.78, 5) is 16.4. The number of halogens is 1. The topological polar surface area (TPSA) is 54.0 Å². The number of thiazole rings is 1. The molecule has 2 aromatic rings. The van der Waals surface area contributed by atoms with Crippen LogP contribution in [-0.4, -0.2) is 24.0 Å². The van der Waals surface area contributed by atoms with Crippen LogP contribution in [0.2, 0.25) is 5.02 Å². The summed E-state index contributed by atoms with van der Waals surface area (Å²) in [5, 5.41) is 6.63. The number of fused-ring (bicyclic) bond motifs is 1. The fraction of sp³-hybridized carbons (Fsp3) is 0.333. The zero-order chi connectivity index (χ0) is 12.5. The Morgan fingerprint density at radius 2 is 2.44 bits per heavy atom. The van der Waals surface area contributed by atoms with Crippen molar-refractivity contribution in [2.24, 2.45) is 5.92 Å². The molecule has 0 saturated carbocycles. The molecular formula is C12H12ClN3OS. The van der Waals surface area contributed by atoms with E-state index in [4.69, 9.17) is 11.6 Å². The lowest BCUT2D eigenvalue weighted by Crippen LogP contribution is -2.24. The molecule has 6 heteroatoms. The molecule has 1 unspecified atom stereocenters. The van der Waals surface area contributed by atoms with Crippen LogP contribution in [0.1, 0.15) is 6.42 Å². The molecule has 4 nitrogen and oxygen atoms in total. The first-order valence-electron chi connectivity index (χ1n) is 5.79. The van der Waals surface area contributed by atoms with Gasteiger partial charge in [0.1, 0.15) is 5.52 Å². The van der Waals surface area contributed by atoms with Gasteiger partial charge in [-0.25, -0.2) is 4.98 Å². The van der Waals surface area contributed by atoms with Crippen molar-refractivity contribution in [3.8, 4) is 0 Å². The van der Waals surface area contributed by atoms with Crippen LogP contribution >= 0.6 is 22.9 Å². The molecule has 1 fully saturated rings. The van der Waals surface area contributed by atoms with Crippen LogP contribution in [0.5, 0.6) is 0 Å². The smallest absolute Gasteiger partial charge is 0.228 e. The second-order valence-electron chi connectivity index (χ2n) is 4.30. The molecule has 0 radical (unpaired) electrons. The minimum atomic E-state index is 0.0161. The van der Waals surface area contributed by atoms with Crippen molar-refractivity contribution in [3.63, 3.8) is 0 Å². The fourth-order valence-corrected chi connectivity index (χ4v) is 3.01. The van der Waals surface area contributed by atoms with E-state index in [1.54, 1.807) is 11.6 Å². The molecule has 1 aromatic heterocycles. The molecule has 2 N–H and O–H groups in total. The average Bonchev–Trinajstić information content (AvgIpc) is 3.02. The highest BCUT2D eigenvalue weighted by Crippen LogP contribution is 2.32. The molecule has 0 aliphatic carbocycles. The van der Waals surface area contributed by atoms with Gasteiger partial charge in [0, 0.05) is 6.54 Å². The maximum Gasteiger partial charge on any atom is 0.228 e. The van der Waals surface area contributed by atoms with Gasteiger partial charge in [-0.1, -0.05) is 11.6 Å². The van der Waals surface area contributed by atoms with Gasteiger partial charge in [0.05, 0.1) is 26.8 Å². The zero-order valence-electron chi connectivity index (χ0n) is 9.57. The number of hydrogen-bond donors (Lipinski definition) is 2. The molecule has 1 saturated heterocycles. The Labute approximate surface area is 113 Å². The minimum Gasteiger partial charge on any atom is -0.323 e. The predicted octanol–water partition coefficient (Wildman–Crippen LogP) is 2.50. The number of carbonyl (C=O) groups excluding carboxylic acids is 1. The first kappa shape index (κ1) is 11.9. The molecular weight excluding hydrogens is 270 g/mol. The van der Waals surface area contributed by atoms with E-state index < -0.39 is 0 Å². The van der Waals surface area contributed by atoms with Crippen LogP contribution in [0.25, 0.3) is 10.2 Å². The van der Waals surface area contributed by atoms with Gasteiger partial charge in [-0.05, 0) is 25.1 Å². The van der Waals surface area contributed by atoms with Crippen LogP contribution in [0.3, 0.4) is 0 Å². The third-order valence-corrected chi connectivity index (χ3v) is 4.24. The largest absolute Gasteiger partial charge is 0.323 e. The lowest BCUT2D eigenvalue weighted by molar-refractivity contribution is -0.119. The zero-order valence-corrected chi connectivity index (χ0v) is 11.1. The molecule has 0 spiro atoms. The third kappa shape index (κ3) is 2.09. The molecule has 1 atom stereocenters. The van der Waals surface area contributed by atoms with Crippen molar-refractivity contribution in [1.29, 1.82) is 0 Å². The molecule has 94 valence electrons. The molecule has 1 aromatic carbocycles. The van der Waals surface area contributed by atoms with Crippen LogP contribution in [-0.2, 0) is 4.79 Å². The van der Waals surface area contributed by atoms with E-state index in [1.807, 2.05) is 6.07 Å². The Bertz CT molecular complexity index is 592. The van der Waals surface area contributed by atoms with Gasteiger partial charge in [0.2, 0.25) is 5.91 Å². The second kappa shape index (κ2) is 4.84. The monoisotopic (exact) mass is 281 g/mol. The summed E-state index contributed by atoms with van der Waals surface area (Å²) in [6, 6.07) is 3.71. The molecule has 1 amide bonds. The van der Waals surface area contributed by atoms with E-state index in [0.29, 0.717) is 10.7 Å². The highest BCUT2D eigenvalue weighted by Gasteiger charge is 2.23. The van der Waals surface area contributed by atoms with Gasteiger partial charge in [-0.15, -0.1) is 11.3 Å². The highest BCUT2D eigenvalue weighted by molar-refractivity contribution is 7.16. The van der Waals surface area contributed by atoms with E-state index in [2.05, 4.69) is 15.6 Å². The number of rotatable bonds is 2. The lowest BCUT2D eigenvalue weighted by atomic mass is 10.1. The number of amides is 1. The number of benzene rings is 1. The van der Waals surface area contributed by atoms with Crippen molar-refractivity contribution in [2.75, 3.05) is 18.4 Å². The number of carbonyl (C=O) groups is 1. The van der Waals surface area contributed by atoms with Crippen molar-refractivity contribution >= 4 is 44.7 Å². The summed E-state index contributed by atoms with van der Waals surface area (Å²) < 4.78 is 1.03. The molecule has 1 aliphatic rings. The number of aromatic nitrogens is 1. The molecule has 0 bridgehead atoms. The Hall–Kier alpha value is -1.17. The minimum absolute atomic E-state index is 0.0161. The van der Waals surface area contributed by atoms with Crippen molar-refractivity contribution in [3.05, 3.63) is 22.7 Å². The molecule has 3 rings (SSSR count). The summed E-state index contributed by atoms with van der Waals surface area (Å²) in [7, 11) is 0. The quantitative estimate of drug-likeness (QED) is 0.889. The van der Waals surface area contributed by atoms with E-state index >= 15 is 0 Å². The van der Waals surface area contributed by atoms with Crippen molar-refractivity contribution in [1.82, 2.24) is 10.3 Å². The van der Waals surface area contributed by atoms with Crippen LogP contribution in [0.15, 0.2) is 17.6 Å². The molecule has 18 heavy (non-hydrogen) atoms. The van der Waals surface area contributed by atoms with Crippen LogP contribution in [0, 0.1) is 5.92 Å². The fourth-order valence-electron chi connectivity index (χ4n) is 2.13. The van der Waals surface area contributed by atoms with Gasteiger partial charge < -0.3 is 10.6 Å². The van der Waals surface area contributed by atoms with Gasteiger partial charge in [-0.2, -0.15) is 0 Å². The predicted molar refractivity (Wildman–Crippen MR) is 74.2 cm³/mol. The normalized spacial score (nSPS) is 19.3. The van der Waals surface area contributed by atoms with Crippen LogP contribution < -0.4 is 10.6 Å². The Morgan fingerprint density at radius 1 is 1.56 bits per heavy atom. The highest BCUT2D eigenvalue weighted by atomic mass is 35.5. The van der Waals surface area contributed by atoms with Crippen molar-refractivity contribution in [2.45, 2.75) is 6.42 Å². The number of anilines is 1. The first-order valence-corrected chi connectivity index (χ1v) is 7.05. The summed E-state index contributed by atoms with van der Waals surface area (Å²) in [6.45, 7) is 1.63. The standard InChI is InChI=1S/C12H12ClN3OS/c13-8-1-2-9-11(15-6-18-9)10(8)16-12(17)7-3-4-14-5-7/h1-2,6-7,14H,3-5H2,(H,16,17). The van der Waals surface area contributed by atoms with E-state index in [-0.39, 0.29) is 11.8 Å². The summed E-state index contributed by atoms with van der Waals surface area (Å²) in [6.07, 6.45) is 0.872. The number of nitrogens with one attached hydrogen (secondary N) is 2. The van der Waals surface area contributed by atoms with Gasteiger partial charge in [-0.3, -0.25) is 4.79 Å². The van der Waals surface area contributed by atoms with Crippen LogP contribution in [0.4, 0.5) is 5.69 Å².